The van der Waals surface area contributed by atoms with Gasteiger partial charge in [-0.25, -0.2) is 0 Å². The van der Waals surface area contributed by atoms with Gasteiger partial charge < -0.3 is 0 Å². The first kappa shape index (κ1) is 12.4. The van der Waals surface area contributed by atoms with Gasteiger partial charge in [0.1, 0.15) is 0 Å². The van der Waals surface area contributed by atoms with Gasteiger partial charge in [0.2, 0.25) is 0 Å². The number of hydrazine groups is 1. The normalized spacial score (nSPS) is 28.9. The highest BCUT2D eigenvalue weighted by molar-refractivity contribution is 4.94. The second-order valence-electron chi connectivity index (χ2n) is 6.26. The smallest absolute Gasteiger partial charge is 0.0292 e. The Morgan fingerprint density at radius 1 is 1.00 bits per heavy atom. The Labute approximate surface area is 100 Å². The van der Waals surface area contributed by atoms with E-state index in [1.807, 2.05) is 0 Å². The zero-order valence-corrected chi connectivity index (χ0v) is 10.8. The van der Waals surface area contributed by atoms with Crippen molar-refractivity contribution in [3.8, 4) is 0 Å². The summed E-state index contributed by atoms with van der Waals surface area (Å²) < 4.78 is 0. The molecule has 0 radical (unpaired) electrons. The predicted octanol–water partition coefficient (Wildman–Crippen LogP) is 3.37. The molecule has 16 heavy (non-hydrogen) atoms. The van der Waals surface area contributed by atoms with Crippen molar-refractivity contribution in [1.82, 2.24) is 5.43 Å². The Kier molecular flexibility index (Phi) is 4.26. The molecule has 2 heteroatoms. The quantitative estimate of drug-likeness (QED) is 0.438. The Hall–Kier alpha value is -0.0800. The van der Waals surface area contributed by atoms with Gasteiger partial charge in [0.25, 0.3) is 0 Å². The van der Waals surface area contributed by atoms with Crippen LogP contribution in [0.5, 0.6) is 0 Å². The lowest BCUT2D eigenvalue weighted by Gasteiger charge is -2.39. The van der Waals surface area contributed by atoms with Crippen LogP contribution in [0.25, 0.3) is 0 Å². The molecule has 0 spiro atoms. The molecule has 1 atom stereocenters. The minimum Gasteiger partial charge on any atom is -0.271 e. The van der Waals surface area contributed by atoms with Crippen LogP contribution in [0.15, 0.2) is 0 Å². The average Bonchev–Trinajstić information content (AvgIpc) is 2.54. The third-order valence-corrected chi connectivity index (χ3v) is 5.05. The van der Waals surface area contributed by atoms with Crippen molar-refractivity contribution >= 4 is 0 Å². The van der Waals surface area contributed by atoms with Crippen LogP contribution in [-0.2, 0) is 0 Å². The second-order valence-corrected chi connectivity index (χ2v) is 6.26. The maximum atomic E-state index is 5.87. The summed E-state index contributed by atoms with van der Waals surface area (Å²) in [6, 6.07) is 0.563. The zero-order chi connectivity index (χ0) is 11.4. The van der Waals surface area contributed by atoms with Crippen LogP contribution in [0.4, 0.5) is 0 Å². The van der Waals surface area contributed by atoms with E-state index in [4.69, 9.17) is 5.84 Å². The molecule has 0 heterocycles. The van der Waals surface area contributed by atoms with Gasteiger partial charge in [0.05, 0.1) is 0 Å². The van der Waals surface area contributed by atoms with Crippen molar-refractivity contribution in [1.29, 1.82) is 0 Å². The predicted molar refractivity (Wildman–Crippen MR) is 68.9 cm³/mol. The summed E-state index contributed by atoms with van der Waals surface area (Å²) in [5, 5.41) is 0. The van der Waals surface area contributed by atoms with E-state index in [-0.39, 0.29) is 0 Å². The van der Waals surface area contributed by atoms with Gasteiger partial charge in [-0.15, -0.1) is 0 Å². The summed E-state index contributed by atoms with van der Waals surface area (Å²) >= 11 is 0. The molecule has 2 fully saturated rings. The van der Waals surface area contributed by atoms with Crippen LogP contribution in [0.3, 0.4) is 0 Å². The number of nitrogens with one attached hydrogen (secondary N) is 1. The lowest BCUT2D eigenvalue weighted by molar-refractivity contribution is 0.147. The maximum absolute atomic E-state index is 5.87. The molecule has 2 aliphatic carbocycles. The molecule has 0 aromatic heterocycles. The number of hydrogen-bond donors (Lipinski definition) is 2. The monoisotopic (exact) mass is 224 g/mol. The van der Waals surface area contributed by atoms with Crippen LogP contribution in [0.2, 0.25) is 0 Å². The van der Waals surface area contributed by atoms with E-state index in [2.05, 4.69) is 12.3 Å². The summed E-state index contributed by atoms with van der Waals surface area (Å²) in [6.07, 6.45) is 14.0. The summed E-state index contributed by atoms with van der Waals surface area (Å²) in [5.74, 6) is 6.70. The van der Waals surface area contributed by atoms with Crippen LogP contribution < -0.4 is 11.3 Å². The minimum atomic E-state index is 0.476. The topological polar surface area (TPSA) is 38.0 Å². The number of rotatable bonds is 3. The molecule has 0 aliphatic heterocycles. The fourth-order valence-electron chi connectivity index (χ4n) is 4.04. The fraction of sp³-hybridized carbons (Fsp3) is 1.00. The van der Waals surface area contributed by atoms with Gasteiger partial charge in [-0.1, -0.05) is 45.4 Å². The Bertz CT molecular complexity index is 201. The first-order valence-corrected chi connectivity index (χ1v) is 7.22. The van der Waals surface area contributed by atoms with Crippen molar-refractivity contribution in [2.24, 2.45) is 17.2 Å². The van der Waals surface area contributed by atoms with Gasteiger partial charge in [0, 0.05) is 6.04 Å². The van der Waals surface area contributed by atoms with Crippen LogP contribution in [0.1, 0.15) is 71.1 Å². The first-order valence-electron chi connectivity index (χ1n) is 7.22. The van der Waals surface area contributed by atoms with Crippen molar-refractivity contribution in [3.63, 3.8) is 0 Å². The lowest BCUT2D eigenvalue weighted by Crippen LogP contribution is -2.50. The van der Waals surface area contributed by atoms with E-state index >= 15 is 0 Å². The molecular weight excluding hydrogens is 196 g/mol. The van der Waals surface area contributed by atoms with Gasteiger partial charge >= 0.3 is 0 Å². The van der Waals surface area contributed by atoms with Crippen LogP contribution >= 0.6 is 0 Å². The highest BCUT2D eigenvalue weighted by atomic mass is 15.2. The SMILES string of the molecule is CC1(C(NN)C2CCCCCC2)CCCC1. The van der Waals surface area contributed by atoms with E-state index in [0.29, 0.717) is 11.5 Å². The highest BCUT2D eigenvalue weighted by Gasteiger charge is 2.40. The third kappa shape index (κ3) is 2.60. The van der Waals surface area contributed by atoms with Gasteiger partial charge in [-0.3, -0.25) is 11.3 Å². The molecule has 2 saturated carbocycles. The molecule has 2 aliphatic rings. The number of nitrogens with two attached hydrogens (primary N) is 1. The fourth-order valence-corrected chi connectivity index (χ4v) is 4.04. The summed E-state index contributed by atoms with van der Waals surface area (Å²) in [6.45, 7) is 2.45. The molecule has 0 bridgehead atoms. The molecular formula is C14H28N2. The van der Waals surface area contributed by atoms with Gasteiger partial charge in [-0.2, -0.15) is 0 Å². The molecule has 0 aromatic carbocycles. The van der Waals surface area contributed by atoms with E-state index in [0.717, 1.165) is 5.92 Å². The van der Waals surface area contributed by atoms with E-state index in [1.54, 1.807) is 0 Å². The van der Waals surface area contributed by atoms with Gasteiger partial charge in [0.15, 0.2) is 0 Å². The molecule has 0 saturated heterocycles. The van der Waals surface area contributed by atoms with Crippen LogP contribution in [-0.4, -0.2) is 6.04 Å². The molecule has 3 N–H and O–H groups in total. The van der Waals surface area contributed by atoms with Crippen molar-refractivity contribution < 1.29 is 0 Å². The lowest BCUT2D eigenvalue weighted by atomic mass is 9.72. The van der Waals surface area contributed by atoms with Crippen molar-refractivity contribution in [3.05, 3.63) is 0 Å². The Morgan fingerprint density at radius 3 is 2.06 bits per heavy atom. The average molecular weight is 224 g/mol. The zero-order valence-electron chi connectivity index (χ0n) is 10.8. The molecule has 0 amide bonds. The molecule has 2 rings (SSSR count). The summed E-state index contributed by atoms with van der Waals surface area (Å²) in [5.41, 5.74) is 3.66. The van der Waals surface area contributed by atoms with E-state index < -0.39 is 0 Å². The van der Waals surface area contributed by atoms with Gasteiger partial charge in [-0.05, 0) is 37.0 Å². The van der Waals surface area contributed by atoms with E-state index in [1.165, 1.54) is 64.2 Å². The third-order valence-electron chi connectivity index (χ3n) is 5.05. The molecule has 1 unspecified atom stereocenters. The number of hydrogen-bond acceptors (Lipinski definition) is 2. The van der Waals surface area contributed by atoms with Crippen LogP contribution in [0, 0.1) is 11.3 Å². The Balaban J connectivity index is 2.02. The van der Waals surface area contributed by atoms with Crippen molar-refractivity contribution in [2.75, 3.05) is 0 Å². The highest BCUT2D eigenvalue weighted by Crippen LogP contribution is 2.44. The maximum Gasteiger partial charge on any atom is 0.0292 e. The Morgan fingerprint density at radius 2 is 1.56 bits per heavy atom. The molecule has 94 valence electrons. The second kappa shape index (κ2) is 5.50. The minimum absolute atomic E-state index is 0.476. The summed E-state index contributed by atoms with van der Waals surface area (Å²) in [7, 11) is 0. The first-order chi connectivity index (χ1) is 7.76. The molecule has 0 aromatic rings. The van der Waals surface area contributed by atoms with Crippen molar-refractivity contribution in [2.45, 2.75) is 77.2 Å². The standard InChI is InChI=1S/C14H28N2/c1-14(10-6-7-11-14)13(16-15)12-8-4-2-3-5-9-12/h12-13,16H,2-11,15H2,1H3. The largest absolute Gasteiger partial charge is 0.271 e. The summed E-state index contributed by atoms with van der Waals surface area (Å²) in [4.78, 5) is 0. The molecule has 2 nitrogen and oxygen atoms in total. The van der Waals surface area contributed by atoms with E-state index in [9.17, 15) is 0 Å².